The zero-order valence-corrected chi connectivity index (χ0v) is 10.5. The second-order valence-electron chi connectivity index (χ2n) is 5.10. The molecule has 1 fully saturated rings. The number of aromatic amines is 1. The number of imidazole rings is 1. The van der Waals surface area contributed by atoms with Gasteiger partial charge < -0.3 is 10.1 Å². The maximum absolute atomic E-state index is 9.13. The number of piperidine rings is 1. The highest BCUT2D eigenvalue weighted by molar-refractivity contribution is 5.74. The second kappa shape index (κ2) is 5.08. The van der Waals surface area contributed by atoms with Crippen LogP contribution in [0.5, 0.6) is 0 Å². The second-order valence-corrected chi connectivity index (χ2v) is 5.10. The van der Waals surface area contributed by atoms with Gasteiger partial charge in [0.2, 0.25) is 0 Å². The van der Waals surface area contributed by atoms with Crippen molar-refractivity contribution in [3.8, 4) is 0 Å². The van der Waals surface area contributed by atoms with Crippen molar-refractivity contribution in [2.24, 2.45) is 5.92 Å². The Bertz CT molecular complexity index is 481. The summed E-state index contributed by atoms with van der Waals surface area (Å²) in [4.78, 5) is 10.4. The van der Waals surface area contributed by atoms with E-state index in [1.165, 1.54) is 0 Å². The molecule has 1 aliphatic heterocycles. The summed E-state index contributed by atoms with van der Waals surface area (Å²) in [6.07, 6.45) is 2.19. The van der Waals surface area contributed by atoms with Gasteiger partial charge in [0.1, 0.15) is 5.82 Å². The average molecular weight is 245 g/mol. The molecule has 0 bridgehead atoms. The Labute approximate surface area is 107 Å². The van der Waals surface area contributed by atoms with Crippen molar-refractivity contribution in [1.82, 2.24) is 14.9 Å². The molecule has 96 valence electrons. The van der Waals surface area contributed by atoms with Crippen LogP contribution in [0.2, 0.25) is 0 Å². The quantitative estimate of drug-likeness (QED) is 0.866. The third kappa shape index (κ3) is 2.40. The molecule has 0 radical (unpaired) electrons. The number of benzene rings is 1. The van der Waals surface area contributed by atoms with Crippen LogP contribution in [0.1, 0.15) is 18.7 Å². The molecular formula is C14H19N3O. The van der Waals surface area contributed by atoms with Crippen LogP contribution >= 0.6 is 0 Å². The number of fused-ring (bicyclic) bond motifs is 1. The maximum Gasteiger partial charge on any atom is 0.121 e. The average Bonchev–Trinajstić information content (AvgIpc) is 2.82. The molecule has 2 N–H and O–H groups in total. The molecule has 0 spiro atoms. The van der Waals surface area contributed by atoms with Crippen LogP contribution in [0, 0.1) is 5.92 Å². The third-order valence-corrected chi connectivity index (χ3v) is 3.78. The Kier molecular flexibility index (Phi) is 3.30. The smallest absolute Gasteiger partial charge is 0.121 e. The molecule has 1 aromatic carbocycles. The Morgan fingerprint density at radius 1 is 1.28 bits per heavy atom. The standard InChI is InChI=1S/C14H19N3O/c18-10-11-5-7-17(8-6-11)9-14-15-12-3-1-2-4-13(12)16-14/h1-4,11,18H,5-10H2,(H,15,16). The van der Waals surface area contributed by atoms with Crippen molar-refractivity contribution >= 4 is 11.0 Å². The first kappa shape index (κ1) is 11.7. The van der Waals surface area contributed by atoms with Gasteiger partial charge in [-0.1, -0.05) is 12.1 Å². The topological polar surface area (TPSA) is 52.1 Å². The van der Waals surface area contributed by atoms with Crippen molar-refractivity contribution in [3.63, 3.8) is 0 Å². The van der Waals surface area contributed by atoms with Gasteiger partial charge in [-0.3, -0.25) is 4.90 Å². The van der Waals surface area contributed by atoms with Crippen molar-refractivity contribution in [1.29, 1.82) is 0 Å². The monoisotopic (exact) mass is 245 g/mol. The van der Waals surface area contributed by atoms with Crippen molar-refractivity contribution < 1.29 is 5.11 Å². The number of aliphatic hydroxyl groups excluding tert-OH is 1. The van der Waals surface area contributed by atoms with E-state index < -0.39 is 0 Å². The van der Waals surface area contributed by atoms with Gasteiger partial charge in [-0.15, -0.1) is 0 Å². The summed E-state index contributed by atoms with van der Waals surface area (Å²) in [6.45, 7) is 3.33. The highest BCUT2D eigenvalue weighted by Gasteiger charge is 2.19. The first-order valence-electron chi connectivity index (χ1n) is 6.62. The molecule has 0 unspecified atom stereocenters. The van der Waals surface area contributed by atoms with E-state index in [4.69, 9.17) is 5.11 Å². The first-order chi connectivity index (χ1) is 8.85. The van der Waals surface area contributed by atoms with Crippen molar-refractivity contribution in [2.75, 3.05) is 19.7 Å². The van der Waals surface area contributed by atoms with Gasteiger partial charge in [0.15, 0.2) is 0 Å². The molecule has 0 amide bonds. The van der Waals surface area contributed by atoms with Crippen LogP contribution in [0.15, 0.2) is 24.3 Å². The number of hydrogen-bond acceptors (Lipinski definition) is 3. The van der Waals surface area contributed by atoms with Gasteiger partial charge in [0.25, 0.3) is 0 Å². The number of rotatable bonds is 3. The molecule has 4 heteroatoms. The lowest BCUT2D eigenvalue weighted by Crippen LogP contribution is -2.34. The lowest BCUT2D eigenvalue weighted by atomic mass is 9.98. The fraction of sp³-hybridized carbons (Fsp3) is 0.500. The molecule has 0 saturated carbocycles. The van der Waals surface area contributed by atoms with E-state index in [0.29, 0.717) is 12.5 Å². The summed E-state index contributed by atoms with van der Waals surface area (Å²) in [5.74, 6) is 1.54. The molecule has 18 heavy (non-hydrogen) atoms. The lowest BCUT2D eigenvalue weighted by Gasteiger charge is -2.30. The fourth-order valence-corrected chi connectivity index (χ4v) is 2.62. The normalized spacial score (nSPS) is 18.5. The van der Waals surface area contributed by atoms with E-state index >= 15 is 0 Å². The largest absolute Gasteiger partial charge is 0.396 e. The number of H-pyrrole nitrogens is 1. The zero-order chi connectivity index (χ0) is 12.4. The van der Waals surface area contributed by atoms with Crippen LogP contribution in [-0.2, 0) is 6.54 Å². The van der Waals surface area contributed by atoms with E-state index in [2.05, 4.69) is 20.9 Å². The molecule has 1 saturated heterocycles. The molecule has 1 aromatic heterocycles. The van der Waals surface area contributed by atoms with E-state index in [1.54, 1.807) is 0 Å². The Morgan fingerprint density at radius 3 is 2.78 bits per heavy atom. The van der Waals surface area contributed by atoms with Crippen molar-refractivity contribution in [3.05, 3.63) is 30.1 Å². The van der Waals surface area contributed by atoms with Gasteiger partial charge in [0, 0.05) is 6.61 Å². The van der Waals surface area contributed by atoms with E-state index in [1.807, 2.05) is 18.2 Å². The number of aliphatic hydroxyl groups is 1. The van der Waals surface area contributed by atoms with Crippen LogP contribution in [0.4, 0.5) is 0 Å². The number of hydrogen-bond donors (Lipinski definition) is 2. The summed E-state index contributed by atoms with van der Waals surface area (Å²) in [7, 11) is 0. The SMILES string of the molecule is OCC1CCN(Cc2nc3ccccc3[nH]2)CC1. The lowest BCUT2D eigenvalue weighted by molar-refractivity contribution is 0.126. The van der Waals surface area contributed by atoms with Gasteiger partial charge in [-0.05, 0) is 44.0 Å². The highest BCUT2D eigenvalue weighted by Crippen LogP contribution is 2.18. The number of likely N-dealkylation sites (tertiary alicyclic amines) is 1. The van der Waals surface area contributed by atoms with E-state index in [0.717, 1.165) is 49.3 Å². The molecule has 2 aromatic rings. The molecule has 1 aliphatic rings. The Balaban J connectivity index is 1.66. The van der Waals surface area contributed by atoms with Crippen molar-refractivity contribution in [2.45, 2.75) is 19.4 Å². The number of aromatic nitrogens is 2. The van der Waals surface area contributed by atoms with E-state index in [9.17, 15) is 0 Å². The third-order valence-electron chi connectivity index (χ3n) is 3.78. The number of nitrogens with zero attached hydrogens (tertiary/aromatic N) is 2. The maximum atomic E-state index is 9.13. The predicted octanol–water partition coefficient (Wildman–Crippen LogP) is 1.77. The minimum absolute atomic E-state index is 0.332. The Hall–Kier alpha value is -1.39. The fourth-order valence-electron chi connectivity index (χ4n) is 2.62. The number of nitrogens with one attached hydrogen (secondary N) is 1. The molecule has 3 rings (SSSR count). The predicted molar refractivity (Wildman–Crippen MR) is 71.2 cm³/mol. The summed E-state index contributed by atoms with van der Waals surface area (Å²) in [5.41, 5.74) is 2.15. The summed E-state index contributed by atoms with van der Waals surface area (Å²) < 4.78 is 0. The van der Waals surface area contributed by atoms with Crippen LogP contribution in [0.25, 0.3) is 11.0 Å². The highest BCUT2D eigenvalue weighted by atomic mass is 16.3. The van der Waals surface area contributed by atoms with E-state index in [-0.39, 0.29) is 0 Å². The number of para-hydroxylation sites is 2. The summed E-state index contributed by atoms with van der Waals surface area (Å²) in [6, 6.07) is 8.13. The van der Waals surface area contributed by atoms with Gasteiger partial charge in [-0.2, -0.15) is 0 Å². The van der Waals surface area contributed by atoms with Crippen LogP contribution < -0.4 is 0 Å². The zero-order valence-electron chi connectivity index (χ0n) is 10.5. The van der Waals surface area contributed by atoms with Gasteiger partial charge in [-0.25, -0.2) is 4.98 Å². The minimum atomic E-state index is 0.332. The molecular weight excluding hydrogens is 226 g/mol. The minimum Gasteiger partial charge on any atom is -0.396 e. The van der Waals surface area contributed by atoms with Gasteiger partial charge in [0.05, 0.1) is 17.6 Å². The summed E-state index contributed by atoms with van der Waals surface area (Å²) in [5, 5.41) is 9.13. The molecule has 4 nitrogen and oxygen atoms in total. The first-order valence-corrected chi connectivity index (χ1v) is 6.62. The summed E-state index contributed by atoms with van der Waals surface area (Å²) >= 11 is 0. The van der Waals surface area contributed by atoms with Crippen LogP contribution in [0.3, 0.4) is 0 Å². The van der Waals surface area contributed by atoms with Gasteiger partial charge >= 0.3 is 0 Å². The molecule has 2 heterocycles. The molecule has 0 atom stereocenters. The Morgan fingerprint density at radius 2 is 2.06 bits per heavy atom. The van der Waals surface area contributed by atoms with Crippen LogP contribution in [-0.4, -0.2) is 39.7 Å². The molecule has 0 aliphatic carbocycles.